The number of carboxylic acid groups (broad SMARTS) is 1. The zero-order valence-corrected chi connectivity index (χ0v) is 9.94. The van der Waals surface area contributed by atoms with Crippen LogP contribution in [-0.2, 0) is 10.0 Å². The molecule has 4 N–H and O–H groups in total. The number of carboxylic acids is 1. The molecule has 1 heterocycles. The normalized spacial score (nSPS) is 11.4. The van der Waals surface area contributed by atoms with E-state index in [1.807, 2.05) is 0 Å². The minimum atomic E-state index is -3.77. The molecule has 0 amide bonds. The number of hydrogen-bond acceptors (Lipinski definition) is 3. The molecule has 0 aliphatic rings. The van der Waals surface area contributed by atoms with Crippen LogP contribution < -0.4 is 5.14 Å². The van der Waals surface area contributed by atoms with Crippen molar-refractivity contribution < 1.29 is 18.3 Å². The van der Waals surface area contributed by atoms with E-state index in [4.69, 9.17) is 10.2 Å². The number of rotatable bonds is 3. The smallest absolute Gasteiger partial charge is 0.352 e. The Labute approximate surface area is 103 Å². The lowest BCUT2D eigenvalue weighted by molar-refractivity contribution is 0.0691. The first kappa shape index (κ1) is 12.3. The van der Waals surface area contributed by atoms with Gasteiger partial charge in [0.1, 0.15) is 5.69 Å². The number of carbonyl (C=O) groups is 1. The Morgan fingerprint density at radius 2 is 1.94 bits per heavy atom. The lowest BCUT2D eigenvalue weighted by Gasteiger charge is -2.01. The van der Waals surface area contributed by atoms with Crippen molar-refractivity contribution in [3.63, 3.8) is 0 Å². The van der Waals surface area contributed by atoms with Crippen molar-refractivity contribution in [2.75, 3.05) is 0 Å². The molecular weight excluding hydrogens is 256 g/mol. The average molecular weight is 266 g/mol. The zero-order valence-electron chi connectivity index (χ0n) is 9.12. The van der Waals surface area contributed by atoms with E-state index in [-0.39, 0.29) is 10.6 Å². The standard InChI is InChI=1S/C11H10N2O4S/c12-18(16,17)8-3-1-2-7(6-8)9-4-5-10(13-9)11(14)15/h1-6,13H,(H,14,15)(H2,12,16,17). The molecule has 2 aromatic rings. The summed E-state index contributed by atoms with van der Waals surface area (Å²) >= 11 is 0. The second-order valence-corrected chi connectivity index (χ2v) is 5.23. The van der Waals surface area contributed by atoms with Crippen molar-refractivity contribution >= 4 is 16.0 Å². The highest BCUT2D eigenvalue weighted by Gasteiger charge is 2.11. The molecule has 0 saturated heterocycles. The Hall–Kier alpha value is -2.12. The number of H-pyrrole nitrogens is 1. The molecule has 0 spiro atoms. The predicted molar refractivity (Wildman–Crippen MR) is 64.6 cm³/mol. The van der Waals surface area contributed by atoms with Crippen LogP contribution in [0, 0.1) is 0 Å². The molecule has 0 bridgehead atoms. The molecule has 7 heteroatoms. The topological polar surface area (TPSA) is 113 Å². The predicted octanol–water partition coefficient (Wildman–Crippen LogP) is 1.03. The van der Waals surface area contributed by atoms with Crippen LogP contribution in [0.25, 0.3) is 11.3 Å². The minimum Gasteiger partial charge on any atom is -0.477 e. The number of aromatic nitrogens is 1. The van der Waals surface area contributed by atoms with Crippen molar-refractivity contribution in [1.29, 1.82) is 0 Å². The second-order valence-electron chi connectivity index (χ2n) is 3.66. The average Bonchev–Trinajstić information content (AvgIpc) is 2.77. The SMILES string of the molecule is NS(=O)(=O)c1cccc(-c2ccc(C(=O)O)[nH]2)c1. The first-order chi connectivity index (χ1) is 8.38. The fourth-order valence-corrected chi connectivity index (χ4v) is 2.09. The van der Waals surface area contributed by atoms with Gasteiger partial charge in [-0.1, -0.05) is 12.1 Å². The lowest BCUT2D eigenvalue weighted by Crippen LogP contribution is -2.11. The second kappa shape index (κ2) is 4.28. The summed E-state index contributed by atoms with van der Waals surface area (Å²) in [6, 6.07) is 8.92. The minimum absolute atomic E-state index is 0.0218. The third-order valence-corrected chi connectivity index (χ3v) is 3.30. The van der Waals surface area contributed by atoms with E-state index >= 15 is 0 Å². The summed E-state index contributed by atoms with van der Waals surface area (Å²) in [5, 5.41) is 13.8. The fourth-order valence-electron chi connectivity index (χ4n) is 1.53. The van der Waals surface area contributed by atoms with Crippen LogP contribution in [0.4, 0.5) is 0 Å². The van der Waals surface area contributed by atoms with Gasteiger partial charge in [-0.15, -0.1) is 0 Å². The highest BCUT2D eigenvalue weighted by atomic mass is 32.2. The molecule has 0 saturated carbocycles. The fraction of sp³-hybridized carbons (Fsp3) is 0. The molecule has 0 fully saturated rings. The van der Waals surface area contributed by atoms with Gasteiger partial charge in [0.2, 0.25) is 10.0 Å². The molecule has 18 heavy (non-hydrogen) atoms. The highest BCUT2D eigenvalue weighted by Crippen LogP contribution is 2.21. The molecule has 2 rings (SSSR count). The van der Waals surface area contributed by atoms with Crippen LogP contribution in [0.3, 0.4) is 0 Å². The van der Waals surface area contributed by atoms with E-state index in [1.165, 1.54) is 24.3 Å². The maximum absolute atomic E-state index is 11.2. The van der Waals surface area contributed by atoms with E-state index in [0.717, 1.165) is 0 Å². The molecule has 0 aliphatic heterocycles. The van der Waals surface area contributed by atoms with Crippen LogP contribution in [0.15, 0.2) is 41.3 Å². The summed E-state index contributed by atoms with van der Waals surface area (Å²) in [7, 11) is -3.77. The van der Waals surface area contributed by atoms with Crippen molar-refractivity contribution in [2.24, 2.45) is 5.14 Å². The lowest BCUT2D eigenvalue weighted by atomic mass is 10.2. The van der Waals surface area contributed by atoms with Gasteiger partial charge in [0.05, 0.1) is 4.90 Å². The van der Waals surface area contributed by atoms with Gasteiger partial charge in [-0.25, -0.2) is 18.4 Å². The molecule has 0 unspecified atom stereocenters. The Kier molecular flexibility index (Phi) is 2.93. The molecule has 94 valence electrons. The first-order valence-electron chi connectivity index (χ1n) is 4.93. The molecular formula is C11H10N2O4S. The summed E-state index contributed by atoms with van der Waals surface area (Å²) < 4.78 is 22.4. The molecule has 0 aliphatic carbocycles. The van der Waals surface area contributed by atoms with Gasteiger partial charge < -0.3 is 10.1 Å². The summed E-state index contributed by atoms with van der Waals surface area (Å²) in [5.41, 5.74) is 1.10. The summed E-state index contributed by atoms with van der Waals surface area (Å²) in [6.45, 7) is 0. The number of nitrogens with one attached hydrogen (secondary N) is 1. The molecule has 1 aromatic heterocycles. The molecule has 1 aromatic carbocycles. The van der Waals surface area contributed by atoms with E-state index in [0.29, 0.717) is 11.3 Å². The monoisotopic (exact) mass is 266 g/mol. The van der Waals surface area contributed by atoms with Crippen LogP contribution in [0.5, 0.6) is 0 Å². The van der Waals surface area contributed by atoms with Crippen LogP contribution in [0.1, 0.15) is 10.5 Å². The van der Waals surface area contributed by atoms with Gasteiger partial charge in [-0.2, -0.15) is 0 Å². The van der Waals surface area contributed by atoms with Gasteiger partial charge >= 0.3 is 5.97 Å². The van der Waals surface area contributed by atoms with E-state index in [1.54, 1.807) is 12.1 Å². The van der Waals surface area contributed by atoms with Crippen LogP contribution in [-0.4, -0.2) is 24.5 Å². The number of sulfonamides is 1. The first-order valence-corrected chi connectivity index (χ1v) is 6.48. The summed E-state index contributed by atoms with van der Waals surface area (Å²) in [5.74, 6) is -1.08. The van der Waals surface area contributed by atoms with Gasteiger partial charge in [-0.05, 0) is 29.8 Å². The Morgan fingerprint density at radius 1 is 1.22 bits per heavy atom. The van der Waals surface area contributed by atoms with Crippen molar-refractivity contribution in [1.82, 2.24) is 4.98 Å². The molecule has 0 atom stereocenters. The van der Waals surface area contributed by atoms with Gasteiger partial charge in [0, 0.05) is 5.69 Å². The number of aromatic amines is 1. The van der Waals surface area contributed by atoms with Gasteiger partial charge in [0.25, 0.3) is 0 Å². The molecule has 0 radical (unpaired) electrons. The van der Waals surface area contributed by atoms with Crippen LogP contribution >= 0.6 is 0 Å². The van der Waals surface area contributed by atoms with E-state index in [9.17, 15) is 13.2 Å². The Morgan fingerprint density at radius 3 is 2.50 bits per heavy atom. The van der Waals surface area contributed by atoms with Gasteiger partial charge in [-0.3, -0.25) is 0 Å². The van der Waals surface area contributed by atoms with Gasteiger partial charge in [0.15, 0.2) is 0 Å². The van der Waals surface area contributed by atoms with E-state index < -0.39 is 16.0 Å². The third-order valence-electron chi connectivity index (χ3n) is 2.39. The quantitative estimate of drug-likeness (QED) is 0.769. The van der Waals surface area contributed by atoms with Crippen molar-refractivity contribution in [2.45, 2.75) is 4.90 Å². The summed E-state index contributed by atoms with van der Waals surface area (Å²) in [4.78, 5) is 13.4. The number of benzene rings is 1. The number of primary sulfonamides is 1. The number of nitrogens with two attached hydrogens (primary N) is 1. The Balaban J connectivity index is 2.48. The zero-order chi connectivity index (χ0) is 13.3. The summed E-state index contributed by atoms with van der Waals surface area (Å²) in [6.07, 6.45) is 0. The highest BCUT2D eigenvalue weighted by molar-refractivity contribution is 7.89. The largest absolute Gasteiger partial charge is 0.477 e. The van der Waals surface area contributed by atoms with Crippen LogP contribution in [0.2, 0.25) is 0 Å². The Bertz CT molecular complexity index is 703. The van der Waals surface area contributed by atoms with Crippen molar-refractivity contribution in [3.05, 3.63) is 42.1 Å². The number of hydrogen-bond donors (Lipinski definition) is 3. The third kappa shape index (κ3) is 2.41. The molecule has 6 nitrogen and oxygen atoms in total. The number of aromatic carboxylic acids is 1. The maximum atomic E-state index is 11.2. The van der Waals surface area contributed by atoms with Crippen molar-refractivity contribution in [3.8, 4) is 11.3 Å². The maximum Gasteiger partial charge on any atom is 0.352 e. The van der Waals surface area contributed by atoms with E-state index in [2.05, 4.69) is 4.98 Å².